The third-order valence-electron chi connectivity index (χ3n) is 3.29. The van der Waals surface area contributed by atoms with Gasteiger partial charge in [0.05, 0.1) is 13.2 Å². The lowest BCUT2D eigenvalue weighted by atomic mass is 10.0. The first-order chi connectivity index (χ1) is 9.67. The van der Waals surface area contributed by atoms with Gasteiger partial charge in [-0.05, 0) is 47.0 Å². The Balaban J connectivity index is 2.39. The van der Waals surface area contributed by atoms with E-state index in [0.29, 0.717) is 13.1 Å². The lowest BCUT2D eigenvalue weighted by Crippen LogP contribution is -2.29. The zero-order chi connectivity index (χ0) is 14.5. The van der Waals surface area contributed by atoms with Gasteiger partial charge in [-0.2, -0.15) is 11.3 Å². The van der Waals surface area contributed by atoms with Crippen molar-refractivity contribution < 1.29 is 10.2 Å². The predicted molar refractivity (Wildman–Crippen MR) is 85.3 cm³/mol. The average Bonchev–Trinajstić information content (AvgIpc) is 2.85. The molecule has 108 valence electrons. The summed E-state index contributed by atoms with van der Waals surface area (Å²) in [5.41, 5.74) is 11.1. The maximum atomic E-state index is 9.13. The number of rotatable bonds is 6. The molecule has 0 unspecified atom stereocenters. The van der Waals surface area contributed by atoms with E-state index in [-0.39, 0.29) is 13.2 Å². The van der Waals surface area contributed by atoms with Crippen LogP contribution >= 0.6 is 11.3 Å². The van der Waals surface area contributed by atoms with Gasteiger partial charge >= 0.3 is 0 Å². The van der Waals surface area contributed by atoms with Gasteiger partial charge in [0.25, 0.3) is 0 Å². The standard InChI is InChI=1S/C15H20N2O2S/c1-11-9-20-10-14(11)13-8-12(2-3-15(13)16)17(4-6-18)5-7-19/h2-3,8-10,18-19H,4-7,16H2,1H3. The van der Waals surface area contributed by atoms with Gasteiger partial charge < -0.3 is 20.8 Å². The summed E-state index contributed by atoms with van der Waals surface area (Å²) < 4.78 is 0. The van der Waals surface area contributed by atoms with Crippen LogP contribution in [0.2, 0.25) is 0 Å². The highest BCUT2D eigenvalue weighted by molar-refractivity contribution is 7.08. The molecule has 1 aromatic carbocycles. The Morgan fingerprint density at radius 3 is 2.35 bits per heavy atom. The summed E-state index contributed by atoms with van der Waals surface area (Å²) in [6.07, 6.45) is 0. The van der Waals surface area contributed by atoms with Gasteiger partial charge in [0.15, 0.2) is 0 Å². The quantitative estimate of drug-likeness (QED) is 0.713. The minimum atomic E-state index is 0.0528. The van der Waals surface area contributed by atoms with Gasteiger partial charge in [0.1, 0.15) is 0 Å². The molecule has 2 rings (SSSR count). The van der Waals surface area contributed by atoms with E-state index in [1.165, 1.54) is 5.56 Å². The van der Waals surface area contributed by atoms with Gasteiger partial charge in [-0.3, -0.25) is 0 Å². The van der Waals surface area contributed by atoms with Crippen molar-refractivity contribution in [3.05, 3.63) is 34.5 Å². The number of benzene rings is 1. The van der Waals surface area contributed by atoms with Crippen LogP contribution in [-0.2, 0) is 0 Å². The molecule has 1 aromatic heterocycles. The van der Waals surface area contributed by atoms with Crippen LogP contribution in [0.4, 0.5) is 11.4 Å². The second-order valence-electron chi connectivity index (χ2n) is 4.67. The molecule has 4 N–H and O–H groups in total. The molecule has 0 atom stereocenters. The van der Waals surface area contributed by atoms with Crippen LogP contribution in [0.25, 0.3) is 11.1 Å². The highest BCUT2D eigenvalue weighted by Gasteiger charge is 2.11. The van der Waals surface area contributed by atoms with Crippen molar-refractivity contribution in [3.8, 4) is 11.1 Å². The van der Waals surface area contributed by atoms with Gasteiger partial charge in [-0.25, -0.2) is 0 Å². The second-order valence-corrected chi connectivity index (χ2v) is 5.42. The first-order valence-electron chi connectivity index (χ1n) is 6.56. The Morgan fingerprint density at radius 2 is 1.80 bits per heavy atom. The van der Waals surface area contributed by atoms with Crippen molar-refractivity contribution >= 4 is 22.7 Å². The smallest absolute Gasteiger partial charge is 0.0606 e. The Labute approximate surface area is 123 Å². The van der Waals surface area contributed by atoms with E-state index in [0.717, 1.165) is 22.5 Å². The van der Waals surface area contributed by atoms with E-state index in [4.69, 9.17) is 15.9 Å². The van der Waals surface area contributed by atoms with Crippen molar-refractivity contribution in [3.63, 3.8) is 0 Å². The lowest BCUT2D eigenvalue weighted by molar-refractivity contribution is 0.281. The number of aliphatic hydroxyl groups excluding tert-OH is 2. The van der Waals surface area contributed by atoms with Crippen LogP contribution in [0.5, 0.6) is 0 Å². The maximum absolute atomic E-state index is 9.13. The molecule has 20 heavy (non-hydrogen) atoms. The van der Waals surface area contributed by atoms with Crippen molar-refractivity contribution in [2.45, 2.75) is 6.92 Å². The first-order valence-corrected chi connectivity index (χ1v) is 7.51. The van der Waals surface area contributed by atoms with E-state index < -0.39 is 0 Å². The summed E-state index contributed by atoms with van der Waals surface area (Å²) in [7, 11) is 0. The molecular weight excluding hydrogens is 272 g/mol. The fourth-order valence-electron chi connectivity index (χ4n) is 2.22. The van der Waals surface area contributed by atoms with Crippen LogP contribution in [0.1, 0.15) is 5.56 Å². The molecule has 1 heterocycles. The van der Waals surface area contributed by atoms with Crippen LogP contribution in [-0.4, -0.2) is 36.5 Å². The summed E-state index contributed by atoms with van der Waals surface area (Å²) in [5, 5.41) is 22.4. The van der Waals surface area contributed by atoms with Crippen LogP contribution in [0.15, 0.2) is 29.0 Å². The van der Waals surface area contributed by atoms with Gasteiger partial charge in [-0.15, -0.1) is 0 Å². The molecule has 0 aliphatic rings. The molecule has 4 nitrogen and oxygen atoms in total. The van der Waals surface area contributed by atoms with Crippen LogP contribution in [0.3, 0.4) is 0 Å². The number of nitrogen functional groups attached to an aromatic ring is 1. The van der Waals surface area contributed by atoms with Crippen LogP contribution in [0, 0.1) is 6.92 Å². The zero-order valence-electron chi connectivity index (χ0n) is 11.5. The number of nitrogens with two attached hydrogens (primary N) is 1. The summed E-state index contributed by atoms with van der Waals surface area (Å²) in [4.78, 5) is 1.95. The number of hydrogen-bond donors (Lipinski definition) is 3. The van der Waals surface area contributed by atoms with Gasteiger partial charge in [0, 0.05) is 30.0 Å². The molecule has 0 radical (unpaired) electrons. The SMILES string of the molecule is Cc1cscc1-c1cc(N(CCO)CCO)ccc1N. The summed E-state index contributed by atoms with van der Waals surface area (Å²) in [6.45, 7) is 3.16. The fourth-order valence-corrected chi connectivity index (χ4v) is 3.07. The minimum Gasteiger partial charge on any atom is -0.398 e. The third kappa shape index (κ3) is 3.12. The Bertz CT molecular complexity index is 563. The number of aliphatic hydroxyl groups is 2. The molecule has 0 bridgehead atoms. The molecule has 0 aliphatic carbocycles. The minimum absolute atomic E-state index is 0.0528. The summed E-state index contributed by atoms with van der Waals surface area (Å²) >= 11 is 1.66. The van der Waals surface area contributed by atoms with E-state index in [1.54, 1.807) is 11.3 Å². The molecule has 0 saturated carbocycles. The lowest BCUT2D eigenvalue weighted by Gasteiger charge is -2.24. The third-order valence-corrected chi connectivity index (χ3v) is 4.15. The second kappa shape index (κ2) is 6.74. The van der Waals surface area contributed by atoms with E-state index >= 15 is 0 Å². The largest absolute Gasteiger partial charge is 0.398 e. The normalized spacial score (nSPS) is 10.8. The van der Waals surface area contributed by atoms with E-state index in [1.807, 2.05) is 23.1 Å². The molecule has 0 fully saturated rings. The molecule has 0 aliphatic heterocycles. The van der Waals surface area contributed by atoms with Crippen LogP contribution < -0.4 is 10.6 Å². The zero-order valence-corrected chi connectivity index (χ0v) is 12.4. The predicted octanol–water partition coefficient (Wildman–Crippen LogP) is 2.10. The maximum Gasteiger partial charge on any atom is 0.0606 e. The monoisotopic (exact) mass is 292 g/mol. The van der Waals surface area contributed by atoms with Crippen molar-refractivity contribution in [2.24, 2.45) is 0 Å². The Kier molecular flexibility index (Phi) is 5.00. The number of hydrogen-bond acceptors (Lipinski definition) is 5. The molecule has 0 spiro atoms. The number of aryl methyl sites for hydroxylation is 1. The number of thiophene rings is 1. The van der Waals surface area contributed by atoms with Crippen molar-refractivity contribution in [1.82, 2.24) is 0 Å². The Morgan fingerprint density at radius 1 is 1.10 bits per heavy atom. The summed E-state index contributed by atoms with van der Waals surface area (Å²) in [5.74, 6) is 0. The Hall–Kier alpha value is -1.56. The highest BCUT2D eigenvalue weighted by atomic mass is 32.1. The van der Waals surface area contributed by atoms with Crippen molar-refractivity contribution in [1.29, 1.82) is 0 Å². The fraction of sp³-hybridized carbons (Fsp3) is 0.333. The molecule has 0 amide bonds. The molecular formula is C15H20N2O2S. The van der Waals surface area contributed by atoms with E-state index in [2.05, 4.69) is 17.7 Å². The van der Waals surface area contributed by atoms with Gasteiger partial charge in [0.2, 0.25) is 0 Å². The average molecular weight is 292 g/mol. The molecule has 0 saturated heterocycles. The summed E-state index contributed by atoms with van der Waals surface area (Å²) in [6, 6.07) is 5.82. The number of nitrogens with zero attached hydrogens (tertiary/aromatic N) is 1. The molecule has 2 aromatic rings. The van der Waals surface area contributed by atoms with E-state index in [9.17, 15) is 0 Å². The molecule has 5 heteroatoms. The van der Waals surface area contributed by atoms with Crippen molar-refractivity contribution in [2.75, 3.05) is 36.9 Å². The number of anilines is 2. The first kappa shape index (κ1) is 14.8. The van der Waals surface area contributed by atoms with Gasteiger partial charge in [-0.1, -0.05) is 0 Å². The highest BCUT2D eigenvalue weighted by Crippen LogP contribution is 2.34. The topological polar surface area (TPSA) is 69.7 Å².